The quantitative estimate of drug-likeness (QED) is 0.907. The van der Waals surface area contributed by atoms with Crippen LogP contribution in [0.3, 0.4) is 0 Å². The van der Waals surface area contributed by atoms with E-state index in [0.29, 0.717) is 0 Å². The van der Waals surface area contributed by atoms with Crippen LogP contribution in [0.5, 0.6) is 0 Å². The molecule has 1 unspecified atom stereocenters. The lowest BCUT2D eigenvalue weighted by Gasteiger charge is -2.38. The number of hydrogen-bond donors (Lipinski definition) is 1. The number of anilines is 1. The van der Waals surface area contributed by atoms with Crippen molar-refractivity contribution in [3.63, 3.8) is 0 Å². The lowest BCUT2D eigenvalue weighted by Crippen LogP contribution is -2.54. The van der Waals surface area contributed by atoms with Crippen LogP contribution in [0.2, 0.25) is 0 Å². The molecule has 5 nitrogen and oxygen atoms in total. The number of likely N-dealkylation sites (N-methyl/N-ethyl adjacent to an activating group) is 1. The van der Waals surface area contributed by atoms with Crippen LogP contribution in [0.1, 0.15) is 25.7 Å². The molecular formula is C18H26ClN3O2. The summed E-state index contributed by atoms with van der Waals surface area (Å²) < 4.78 is 0. The number of rotatable bonds is 3. The molecule has 3 rings (SSSR count). The zero-order valence-electron chi connectivity index (χ0n) is 14.1. The van der Waals surface area contributed by atoms with Crippen LogP contribution in [-0.2, 0) is 9.59 Å². The molecule has 2 saturated heterocycles. The fourth-order valence-electron chi connectivity index (χ4n) is 3.59. The van der Waals surface area contributed by atoms with Crippen molar-refractivity contribution in [3.8, 4) is 0 Å². The largest absolute Gasteiger partial charge is 0.333 e. The second-order valence-electron chi connectivity index (χ2n) is 6.46. The average molecular weight is 352 g/mol. The van der Waals surface area contributed by atoms with E-state index >= 15 is 0 Å². The molecular weight excluding hydrogens is 326 g/mol. The van der Waals surface area contributed by atoms with Crippen LogP contribution in [0.25, 0.3) is 0 Å². The van der Waals surface area contributed by atoms with E-state index < -0.39 is 0 Å². The van der Waals surface area contributed by atoms with E-state index in [1.807, 2.05) is 35.2 Å². The molecule has 0 aromatic heterocycles. The molecule has 2 aliphatic heterocycles. The number of amides is 2. The number of carbonyl (C=O) groups excluding carboxylic acids is 2. The third-order valence-corrected chi connectivity index (χ3v) is 4.98. The van der Waals surface area contributed by atoms with Gasteiger partial charge in [-0.05, 0) is 50.9 Å². The van der Waals surface area contributed by atoms with Gasteiger partial charge in [-0.15, -0.1) is 12.4 Å². The molecule has 0 bridgehead atoms. The van der Waals surface area contributed by atoms with E-state index in [2.05, 4.69) is 5.32 Å². The van der Waals surface area contributed by atoms with Gasteiger partial charge in [0.2, 0.25) is 11.8 Å². The summed E-state index contributed by atoms with van der Waals surface area (Å²) in [6, 6.07) is 9.41. The first-order valence-electron chi connectivity index (χ1n) is 8.52. The van der Waals surface area contributed by atoms with Crippen LogP contribution in [0.15, 0.2) is 30.3 Å². The first-order valence-corrected chi connectivity index (χ1v) is 8.52. The molecule has 6 heteroatoms. The van der Waals surface area contributed by atoms with Crippen molar-refractivity contribution >= 4 is 29.9 Å². The van der Waals surface area contributed by atoms with E-state index in [9.17, 15) is 9.59 Å². The van der Waals surface area contributed by atoms with E-state index in [-0.39, 0.29) is 36.2 Å². The first-order chi connectivity index (χ1) is 11.2. The Morgan fingerprint density at radius 1 is 1.17 bits per heavy atom. The number of hydrogen-bond acceptors (Lipinski definition) is 3. The van der Waals surface area contributed by atoms with Gasteiger partial charge in [-0.2, -0.15) is 0 Å². The fraction of sp³-hybridized carbons (Fsp3) is 0.556. The molecule has 2 aliphatic rings. The minimum atomic E-state index is -0.327. The van der Waals surface area contributed by atoms with Crippen LogP contribution in [-0.4, -0.2) is 49.4 Å². The summed E-state index contributed by atoms with van der Waals surface area (Å²) in [5, 5.41) is 3.28. The second kappa shape index (κ2) is 8.49. The van der Waals surface area contributed by atoms with E-state index in [4.69, 9.17) is 0 Å². The fourth-order valence-corrected chi connectivity index (χ4v) is 3.59. The van der Waals surface area contributed by atoms with Crippen LogP contribution >= 0.6 is 12.4 Å². The van der Waals surface area contributed by atoms with Crippen molar-refractivity contribution in [1.29, 1.82) is 0 Å². The molecule has 1 aromatic rings. The number of carbonyl (C=O) groups is 2. The maximum absolute atomic E-state index is 12.9. The minimum Gasteiger partial charge on any atom is -0.333 e. The zero-order valence-corrected chi connectivity index (χ0v) is 14.9. The maximum Gasteiger partial charge on any atom is 0.249 e. The maximum atomic E-state index is 12.9. The standard InChI is InChI=1S/C18H25N3O2.ClH/c1-20(17(22)14-9-11-19-12-10-14)16-8-5-13-21(18(16)23)15-6-3-2-4-7-15;/h2-4,6-7,14,16,19H,5,8-13H2,1H3;1H. The third kappa shape index (κ3) is 3.90. The molecule has 1 N–H and O–H groups in total. The molecule has 1 atom stereocenters. The Labute approximate surface area is 149 Å². The molecule has 1 aromatic carbocycles. The van der Waals surface area contributed by atoms with Crippen molar-refractivity contribution in [3.05, 3.63) is 30.3 Å². The van der Waals surface area contributed by atoms with Crippen molar-refractivity contribution in [2.75, 3.05) is 31.6 Å². The lowest BCUT2D eigenvalue weighted by atomic mass is 9.94. The Hall–Kier alpha value is -1.59. The number of nitrogens with one attached hydrogen (secondary N) is 1. The van der Waals surface area contributed by atoms with Gasteiger partial charge in [-0.25, -0.2) is 0 Å². The van der Waals surface area contributed by atoms with Gasteiger partial charge in [-0.3, -0.25) is 9.59 Å². The summed E-state index contributed by atoms with van der Waals surface area (Å²) in [7, 11) is 1.79. The number of para-hydroxylation sites is 1. The summed E-state index contributed by atoms with van der Waals surface area (Å²) in [4.78, 5) is 29.1. The monoisotopic (exact) mass is 351 g/mol. The van der Waals surface area contributed by atoms with Gasteiger partial charge in [0.25, 0.3) is 0 Å². The van der Waals surface area contributed by atoms with Crippen LogP contribution in [0.4, 0.5) is 5.69 Å². The highest BCUT2D eigenvalue weighted by atomic mass is 35.5. The second-order valence-corrected chi connectivity index (χ2v) is 6.46. The van der Waals surface area contributed by atoms with Crippen LogP contribution < -0.4 is 10.2 Å². The normalized spacial score (nSPS) is 22.0. The topological polar surface area (TPSA) is 52.7 Å². The highest BCUT2D eigenvalue weighted by molar-refractivity contribution is 6.00. The smallest absolute Gasteiger partial charge is 0.249 e. The summed E-state index contributed by atoms with van der Waals surface area (Å²) in [5.74, 6) is 0.230. The Kier molecular flexibility index (Phi) is 6.63. The number of benzene rings is 1. The molecule has 0 saturated carbocycles. The summed E-state index contributed by atoms with van der Waals surface area (Å²) in [5.41, 5.74) is 0.921. The molecule has 2 amide bonds. The Balaban J connectivity index is 0.00000208. The van der Waals surface area contributed by atoms with Gasteiger partial charge in [0.1, 0.15) is 6.04 Å². The van der Waals surface area contributed by atoms with E-state index in [1.165, 1.54) is 0 Å². The van der Waals surface area contributed by atoms with Gasteiger partial charge in [0.05, 0.1) is 0 Å². The van der Waals surface area contributed by atoms with Gasteiger partial charge in [0, 0.05) is 25.2 Å². The Bertz CT molecular complexity index is 561. The average Bonchev–Trinajstić information content (AvgIpc) is 2.62. The predicted molar refractivity (Wildman–Crippen MR) is 97.4 cm³/mol. The van der Waals surface area contributed by atoms with Gasteiger partial charge >= 0.3 is 0 Å². The molecule has 0 spiro atoms. The SMILES string of the molecule is CN(C(=O)C1CCNCC1)C1CCCN(c2ccccc2)C1=O.Cl. The summed E-state index contributed by atoms with van der Waals surface area (Å²) >= 11 is 0. The first kappa shape index (κ1) is 18.7. The van der Waals surface area contributed by atoms with Crippen LogP contribution in [0, 0.1) is 5.92 Å². The predicted octanol–water partition coefficient (Wildman–Crippen LogP) is 2.06. The highest BCUT2D eigenvalue weighted by Gasteiger charge is 2.36. The number of nitrogens with zero attached hydrogens (tertiary/aromatic N) is 2. The molecule has 0 radical (unpaired) electrons. The van der Waals surface area contributed by atoms with Gasteiger partial charge < -0.3 is 15.1 Å². The Morgan fingerprint density at radius 3 is 2.50 bits per heavy atom. The van der Waals surface area contributed by atoms with E-state index in [1.54, 1.807) is 11.9 Å². The molecule has 2 heterocycles. The molecule has 2 fully saturated rings. The van der Waals surface area contributed by atoms with Crippen molar-refractivity contribution < 1.29 is 9.59 Å². The van der Waals surface area contributed by atoms with E-state index in [0.717, 1.165) is 51.0 Å². The lowest BCUT2D eigenvalue weighted by molar-refractivity contribution is -0.142. The molecule has 132 valence electrons. The van der Waals surface area contributed by atoms with Gasteiger partial charge in [0.15, 0.2) is 0 Å². The minimum absolute atomic E-state index is 0. The molecule has 0 aliphatic carbocycles. The molecule has 24 heavy (non-hydrogen) atoms. The third-order valence-electron chi connectivity index (χ3n) is 4.98. The summed E-state index contributed by atoms with van der Waals surface area (Å²) in [6.45, 7) is 2.51. The van der Waals surface area contributed by atoms with Crippen molar-refractivity contribution in [2.24, 2.45) is 5.92 Å². The zero-order chi connectivity index (χ0) is 16.2. The highest BCUT2D eigenvalue weighted by Crippen LogP contribution is 2.25. The van der Waals surface area contributed by atoms with Gasteiger partial charge in [-0.1, -0.05) is 18.2 Å². The van der Waals surface area contributed by atoms with Crippen molar-refractivity contribution in [2.45, 2.75) is 31.7 Å². The number of halogens is 1. The summed E-state index contributed by atoms with van der Waals surface area (Å²) in [6.07, 6.45) is 3.42. The van der Waals surface area contributed by atoms with Crippen molar-refractivity contribution in [1.82, 2.24) is 10.2 Å². The Morgan fingerprint density at radius 2 is 1.83 bits per heavy atom. The number of piperidine rings is 2.